The molecule has 0 spiro atoms. The summed E-state index contributed by atoms with van der Waals surface area (Å²) in [5.74, 6) is 1.64. The van der Waals surface area contributed by atoms with E-state index in [-0.39, 0.29) is 6.04 Å². The monoisotopic (exact) mass is 382 g/mol. The summed E-state index contributed by atoms with van der Waals surface area (Å²) >= 11 is 0. The Morgan fingerprint density at radius 1 is 1.39 bits per heavy atom. The summed E-state index contributed by atoms with van der Waals surface area (Å²) in [5.41, 5.74) is 3.50. The van der Waals surface area contributed by atoms with E-state index >= 15 is 0 Å². The van der Waals surface area contributed by atoms with Gasteiger partial charge < -0.3 is 25.3 Å². The normalized spacial score (nSPS) is 17.0. The van der Waals surface area contributed by atoms with Gasteiger partial charge in [-0.15, -0.1) is 0 Å². The fourth-order valence-electron chi connectivity index (χ4n) is 2.87. The van der Waals surface area contributed by atoms with Gasteiger partial charge in [0.1, 0.15) is 11.5 Å². The Labute approximate surface area is 169 Å². The maximum absolute atomic E-state index is 6.31. The number of allylic oxidation sites excluding steroid dienone is 4. The van der Waals surface area contributed by atoms with Crippen LogP contribution in [0.3, 0.4) is 0 Å². The molecule has 0 saturated carbocycles. The molecule has 0 saturated heterocycles. The summed E-state index contributed by atoms with van der Waals surface area (Å²) in [6, 6.07) is 2.41. The van der Waals surface area contributed by atoms with Crippen molar-refractivity contribution in [3.8, 4) is 0 Å². The van der Waals surface area contributed by atoms with Gasteiger partial charge in [0.05, 0.1) is 5.69 Å². The van der Waals surface area contributed by atoms with Gasteiger partial charge in [-0.1, -0.05) is 12.2 Å². The number of aromatic amines is 1. The SMILES string of the molecule is C/C=C(\C=C/C(C)NC)O/C(=C/CNC)c1[nH]ccc1C1=CC=CN(C)CC1. The third-order valence-corrected chi connectivity index (χ3v) is 4.72. The molecule has 0 aromatic carbocycles. The first-order chi connectivity index (χ1) is 13.6. The largest absolute Gasteiger partial charge is 0.456 e. The van der Waals surface area contributed by atoms with Gasteiger partial charge in [0.25, 0.3) is 0 Å². The van der Waals surface area contributed by atoms with E-state index in [9.17, 15) is 0 Å². The molecule has 1 aliphatic rings. The van der Waals surface area contributed by atoms with Crippen molar-refractivity contribution < 1.29 is 4.74 Å². The maximum Gasteiger partial charge on any atom is 0.148 e. The van der Waals surface area contributed by atoms with Crippen LogP contribution >= 0.6 is 0 Å². The lowest BCUT2D eigenvalue weighted by molar-refractivity contribution is 0.396. The summed E-state index contributed by atoms with van der Waals surface area (Å²) in [6.07, 6.45) is 17.5. The van der Waals surface area contributed by atoms with Crippen molar-refractivity contribution in [3.05, 3.63) is 71.9 Å². The molecule has 0 fully saturated rings. The molecular weight excluding hydrogens is 348 g/mol. The van der Waals surface area contributed by atoms with Crippen molar-refractivity contribution in [1.82, 2.24) is 20.5 Å². The average molecular weight is 383 g/mol. The smallest absolute Gasteiger partial charge is 0.148 e. The maximum atomic E-state index is 6.31. The number of likely N-dealkylation sites (N-methyl/N-ethyl adjacent to an activating group) is 2. The molecule has 1 aromatic heterocycles. The van der Waals surface area contributed by atoms with Crippen LogP contribution in [-0.2, 0) is 4.74 Å². The Kier molecular flexibility index (Phi) is 8.85. The van der Waals surface area contributed by atoms with E-state index in [1.165, 1.54) is 11.1 Å². The van der Waals surface area contributed by atoms with Crippen LogP contribution in [0.5, 0.6) is 0 Å². The highest BCUT2D eigenvalue weighted by Gasteiger charge is 2.16. The highest BCUT2D eigenvalue weighted by atomic mass is 16.5. The Bertz CT molecular complexity index is 767. The zero-order chi connectivity index (χ0) is 20.4. The minimum Gasteiger partial charge on any atom is -0.456 e. The molecule has 1 aromatic rings. The standard InChI is InChI=1S/C23H34N4O/c1-6-20(10-9-18(2)25-4)28-22(12-14-24-3)23-21(11-15-26-23)19-8-7-16-27(5)17-13-19/h6-12,15-16,18,24-26H,13-14,17H2,1-5H3/b10-9-,20-6+,22-12+. The molecule has 0 aliphatic carbocycles. The van der Waals surface area contributed by atoms with Crippen molar-refractivity contribution in [2.24, 2.45) is 0 Å². The molecule has 28 heavy (non-hydrogen) atoms. The first-order valence-electron chi connectivity index (χ1n) is 9.89. The van der Waals surface area contributed by atoms with Crippen molar-refractivity contribution >= 4 is 11.3 Å². The van der Waals surface area contributed by atoms with Crippen LogP contribution in [0.2, 0.25) is 0 Å². The number of rotatable bonds is 9. The fraction of sp³-hybridized carbons (Fsp3) is 0.391. The Balaban J connectivity index is 2.30. The third kappa shape index (κ3) is 6.29. The van der Waals surface area contributed by atoms with Crippen LogP contribution in [0.1, 0.15) is 31.5 Å². The second-order valence-corrected chi connectivity index (χ2v) is 6.89. The average Bonchev–Trinajstić information content (AvgIpc) is 3.09. The van der Waals surface area contributed by atoms with Crippen molar-refractivity contribution in [3.63, 3.8) is 0 Å². The quantitative estimate of drug-likeness (QED) is 0.448. The predicted octanol–water partition coefficient (Wildman–Crippen LogP) is 3.89. The lowest BCUT2D eigenvalue weighted by Crippen LogP contribution is -2.17. The molecular formula is C23H34N4O. The summed E-state index contributed by atoms with van der Waals surface area (Å²) in [6.45, 7) is 5.81. The van der Waals surface area contributed by atoms with E-state index < -0.39 is 0 Å². The predicted molar refractivity (Wildman–Crippen MR) is 120 cm³/mol. The summed E-state index contributed by atoms with van der Waals surface area (Å²) in [5, 5.41) is 6.38. The number of nitrogens with zero attached hydrogens (tertiary/aromatic N) is 1. The van der Waals surface area contributed by atoms with Gasteiger partial charge in [-0.3, -0.25) is 0 Å². The van der Waals surface area contributed by atoms with Crippen LogP contribution in [0, 0.1) is 0 Å². The number of aromatic nitrogens is 1. The molecule has 0 radical (unpaired) electrons. The summed E-state index contributed by atoms with van der Waals surface area (Å²) in [4.78, 5) is 5.59. The molecule has 1 unspecified atom stereocenters. The van der Waals surface area contributed by atoms with Crippen LogP contribution < -0.4 is 10.6 Å². The fourth-order valence-corrected chi connectivity index (χ4v) is 2.87. The zero-order valence-electron chi connectivity index (χ0n) is 17.8. The second kappa shape index (κ2) is 11.4. The Morgan fingerprint density at radius 2 is 2.21 bits per heavy atom. The van der Waals surface area contributed by atoms with Gasteiger partial charge in [-0.2, -0.15) is 0 Å². The molecule has 3 N–H and O–H groups in total. The van der Waals surface area contributed by atoms with Crippen LogP contribution in [0.4, 0.5) is 0 Å². The second-order valence-electron chi connectivity index (χ2n) is 6.89. The number of nitrogens with one attached hydrogen (secondary N) is 3. The third-order valence-electron chi connectivity index (χ3n) is 4.72. The highest BCUT2D eigenvalue weighted by Crippen LogP contribution is 2.30. The van der Waals surface area contributed by atoms with Crippen LogP contribution in [0.15, 0.2) is 60.7 Å². The van der Waals surface area contributed by atoms with Gasteiger partial charge in [0.15, 0.2) is 0 Å². The van der Waals surface area contributed by atoms with Crippen molar-refractivity contribution in [2.45, 2.75) is 26.3 Å². The first kappa shape index (κ1) is 21.8. The Morgan fingerprint density at radius 3 is 2.93 bits per heavy atom. The van der Waals surface area contributed by atoms with E-state index in [2.05, 4.69) is 71.1 Å². The zero-order valence-corrected chi connectivity index (χ0v) is 17.8. The molecule has 152 valence electrons. The molecule has 2 rings (SSSR count). The number of H-pyrrole nitrogens is 1. The molecule has 1 aliphatic heterocycles. The minimum absolute atomic E-state index is 0.282. The van der Waals surface area contributed by atoms with Gasteiger partial charge >= 0.3 is 0 Å². The summed E-state index contributed by atoms with van der Waals surface area (Å²) in [7, 11) is 5.98. The lowest BCUT2D eigenvalue weighted by Gasteiger charge is -2.15. The van der Waals surface area contributed by atoms with E-state index in [1.54, 1.807) is 0 Å². The van der Waals surface area contributed by atoms with Crippen molar-refractivity contribution in [1.29, 1.82) is 0 Å². The topological polar surface area (TPSA) is 52.3 Å². The molecule has 0 bridgehead atoms. The number of ether oxygens (including phenoxy) is 1. The molecule has 5 heteroatoms. The molecule has 1 atom stereocenters. The van der Waals surface area contributed by atoms with Crippen LogP contribution in [-0.4, -0.2) is 50.2 Å². The Hall–Kier alpha value is -2.50. The molecule has 5 nitrogen and oxygen atoms in total. The van der Waals surface area contributed by atoms with Crippen molar-refractivity contribution in [2.75, 3.05) is 34.2 Å². The van der Waals surface area contributed by atoms with Crippen LogP contribution in [0.25, 0.3) is 11.3 Å². The highest BCUT2D eigenvalue weighted by molar-refractivity contribution is 5.77. The minimum atomic E-state index is 0.282. The lowest BCUT2D eigenvalue weighted by atomic mass is 10.0. The van der Waals surface area contributed by atoms with E-state index in [4.69, 9.17) is 4.74 Å². The summed E-state index contributed by atoms with van der Waals surface area (Å²) < 4.78 is 6.31. The van der Waals surface area contributed by atoms with Gasteiger partial charge in [0.2, 0.25) is 0 Å². The van der Waals surface area contributed by atoms with Gasteiger partial charge in [0, 0.05) is 37.9 Å². The molecule has 0 amide bonds. The first-order valence-corrected chi connectivity index (χ1v) is 9.89. The molecule has 2 heterocycles. The van der Waals surface area contributed by atoms with E-state index in [0.29, 0.717) is 0 Å². The van der Waals surface area contributed by atoms with E-state index in [1.807, 2.05) is 39.4 Å². The number of hydrogen-bond acceptors (Lipinski definition) is 4. The number of hydrogen-bond donors (Lipinski definition) is 3. The van der Waals surface area contributed by atoms with Gasteiger partial charge in [-0.25, -0.2) is 0 Å². The van der Waals surface area contributed by atoms with Gasteiger partial charge in [-0.05, 0) is 76.5 Å². The van der Waals surface area contributed by atoms with E-state index in [0.717, 1.165) is 36.7 Å².